The quantitative estimate of drug-likeness (QED) is 0.371. The number of nitrogens with zero attached hydrogens (tertiary/aromatic N) is 1. The van der Waals surface area contributed by atoms with Crippen molar-refractivity contribution < 1.29 is 33.6 Å². The van der Waals surface area contributed by atoms with Crippen LogP contribution in [0.3, 0.4) is 0 Å². The predicted octanol–water partition coefficient (Wildman–Crippen LogP) is 3.57. The number of carboxylic acids is 1. The van der Waals surface area contributed by atoms with Crippen molar-refractivity contribution in [1.29, 1.82) is 0 Å². The summed E-state index contributed by atoms with van der Waals surface area (Å²) in [6.07, 6.45) is 1.51. The summed E-state index contributed by atoms with van der Waals surface area (Å²) in [7, 11) is 9.43. The van der Waals surface area contributed by atoms with E-state index in [9.17, 15) is 9.90 Å². The number of hydrogen-bond donors (Lipinski definition) is 1. The molecular formula is C22H25NO7S. The van der Waals surface area contributed by atoms with E-state index in [1.165, 1.54) is 34.5 Å². The topological polar surface area (TPSA) is 86.7 Å². The van der Waals surface area contributed by atoms with Crippen LogP contribution in [0.2, 0.25) is 0 Å². The lowest BCUT2D eigenvalue weighted by atomic mass is 10.0. The Hall–Kier alpha value is -3.46. The molecular weight excluding hydrogens is 422 g/mol. The van der Waals surface area contributed by atoms with Gasteiger partial charge in [0.25, 0.3) is 5.17 Å². The Kier molecular flexibility index (Phi) is 8.09. The van der Waals surface area contributed by atoms with Crippen LogP contribution < -0.4 is 23.7 Å². The van der Waals surface area contributed by atoms with Gasteiger partial charge in [0, 0.05) is 14.1 Å². The number of aliphatic carboxylic acids is 1. The minimum absolute atomic E-state index is 0.0190. The molecule has 8 nitrogen and oxygen atoms in total. The SMILES string of the molecule is COc1ccc(/C=C(/C(=O)O)c2cc(OC)c(OC)c(OC)c2)cc1OC(=S)N(C)C. The minimum Gasteiger partial charge on any atom is -0.493 e. The zero-order valence-corrected chi connectivity index (χ0v) is 19.0. The van der Waals surface area contributed by atoms with Crippen molar-refractivity contribution in [2.75, 3.05) is 42.5 Å². The predicted molar refractivity (Wildman–Crippen MR) is 122 cm³/mol. The van der Waals surface area contributed by atoms with E-state index in [4.69, 9.17) is 35.9 Å². The fraction of sp³-hybridized carbons (Fsp3) is 0.273. The third-order valence-electron chi connectivity index (χ3n) is 4.27. The summed E-state index contributed by atoms with van der Waals surface area (Å²) in [6, 6.07) is 8.18. The van der Waals surface area contributed by atoms with Gasteiger partial charge >= 0.3 is 5.97 Å². The van der Waals surface area contributed by atoms with Gasteiger partial charge in [-0.3, -0.25) is 0 Å². The van der Waals surface area contributed by atoms with E-state index in [2.05, 4.69) is 0 Å². The summed E-state index contributed by atoms with van der Waals surface area (Å²) >= 11 is 5.19. The molecule has 0 saturated carbocycles. The number of rotatable bonds is 8. The van der Waals surface area contributed by atoms with E-state index in [-0.39, 0.29) is 10.7 Å². The van der Waals surface area contributed by atoms with Crippen LogP contribution in [0.15, 0.2) is 30.3 Å². The largest absolute Gasteiger partial charge is 0.493 e. The Balaban J connectivity index is 2.59. The molecule has 0 amide bonds. The van der Waals surface area contributed by atoms with Gasteiger partial charge in [0.2, 0.25) is 5.75 Å². The summed E-state index contributed by atoms with van der Waals surface area (Å²) in [5, 5.41) is 10.1. The monoisotopic (exact) mass is 447 g/mol. The second-order valence-corrected chi connectivity index (χ2v) is 6.80. The molecule has 0 fully saturated rings. The van der Waals surface area contributed by atoms with Crippen LogP contribution in [0.25, 0.3) is 11.6 Å². The van der Waals surface area contributed by atoms with Gasteiger partial charge in [0.1, 0.15) is 0 Å². The smallest absolute Gasteiger partial charge is 0.336 e. The average Bonchev–Trinajstić information content (AvgIpc) is 2.76. The highest BCUT2D eigenvalue weighted by atomic mass is 32.1. The zero-order valence-electron chi connectivity index (χ0n) is 18.2. The molecule has 0 heterocycles. The van der Waals surface area contributed by atoms with Gasteiger partial charge in [-0.1, -0.05) is 6.07 Å². The van der Waals surface area contributed by atoms with E-state index in [1.54, 1.807) is 49.3 Å². The highest BCUT2D eigenvalue weighted by Gasteiger charge is 2.19. The summed E-state index contributed by atoms with van der Waals surface area (Å²) in [5.74, 6) is 0.765. The molecule has 0 radical (unpaired) electrons. The maximum absolute atomic E-state index is 12.1. The standard InChI is InChI=1S/C22H25NO7S/c1-23(2)22(31)30-17-10-13(7-8-16(17)26-3)9-15(21(24)25)14-11-18(27-4)20(29-6)19(12-14)28-5/h7-12H,1-6H3,(H,24,25)/b15-9+. The fourth-order valence-corrected chi connectivity index (χ4v) is 2.81. The third kappa shape index (κ3) is 5.58. The summed E-state index contributed by atoms with van der Waals surface area (Å²) in [4.78, 5) is 13.7. The molecule has 0 aliphatic carbocycles. The molecule has 0 aliphatic rings. The van der Waals surface area contributed by atoms with Crippen LogP contribution in [-0.4, -0.2) is 63.7 Å². The van der Waals surface area contributed by atoms with Crippen molar-refractivity contribution in [2.45, 2.75) is 0 Å². The third-order valence-corrected chi connectivity index (χ3v) is 4.72. The fourth-order valence-electron chi connectivity index (χ4n) is 2.72. The van der Waals surface area contributed by atoms with Gasteiger partial charge in [0.15, 0.2) is 23.0 Å². The zero-order chi connectivity index (χ0) is 23.1. The average molecular weight is 448 g/mol. The summed E-state index contributed by atoms with van der Waals surface area (Å²) < 4.78 is 27.0. The molecule has 166 valence electrons. The van der Waals surface area contributed by atoms with Crippen LogP contribution >= 0.6 is 12.2 Å². The van der Waals surface area contributed by atoms with Crippen LogP contribution in [0, 0.1) is 0 Å². The van der Waals surface area contributed by atoms with Crippen molar-refractivity contribution in [3.05, 3.63) is 41.5 Å². The Bertz CT molecular complexity index is 976. The summed E-state index contributed by atoms with van der Waals surface area (Å²) in [5.41, 5.74) is 0.971. The first-order chi connectivity index (χ1) is 14.7. The van der Waals surface area contributed by atoms with Gasteiger partial charge in [-0.15, -0.1) is 0 Å². The lowest BCUT2D eigenvalue weighted by molar-refractivity contribution is -0.130. The highest BCUT2D eigenvalue weighted by Crippen LogP contribution is 2.40. The van der Waals surface area contributed by atoms with Crippen molar-refractivity contribution in [3.63, 3.8) is 0 Å². The van der Waals surface area contributed by atoms with E-state index in [0.29, 0.717) is 39.9 Å². The van der Waals surface area contributed by atoms with Crippen LogP contribution in [0.4, 0.5) is 0 Å². The highest BCUT2D eigenvalue weighted by molar-refractivity contribution is 7.80. The Morgan fingerprint density at radius 1 is 0.903 bits per heavy atom. The first kappa shape index (κ1) is 23.8. The maximum atomic E-state index is 12.1. The van der Waals surface area contributed by atoms with Crippen molar-refractivity contribution in [1.82, 2.24) is 4.90 Å². The second kappa shape index (κ2) is 10.5. The lowest BCUT2D eigenvalue weighted by Crippen LogP contribution is -2.25. The van der Waals surface area contributed by atoms with E-state index in [0.717, 1.165) is 0 Å². The first-order valence-corrected chi connectivity index (χ1v) is 9.49. The van der Waals surface area contributed by atoms with Crippen LogP contribution in [0.5, 0.6) is 28.7 Å². The molecule has 2 aromatic carbocycles. The molecule has 0 aromatic heterocycles. The maximum Gasteiger partial charge on any atom is 0.336 e. The lowest BCUT2D eigenvalue weighted by Gasteiger charge is -2.16. The number of ether oxygens (including phenoxy) is 5. The number of methoxy groups -OCH3 is 4. The number of carbonyl (C=O) groups is 1. The van der Waals surface area contributed by atoms with E-state index < -0.39 is 5.97 Å². The summed E-state index contributed by atoms with van der Waals surface area (Å²) in [6.45, 7) is 0. The molecule has 0 bridgehead atoms. The van der Waals surface area contributed by atoms with E-state index >= 15 is 0 Å². The molecule has 2 rings (SSSR count). The van der Waals surface area contributed by atoms with Gasteiger partial charge in [0.05, 0.1) is 34.0 Å². The normalized spacial score (nSPS) is 10.8. The number of hydrogen-bond acceptors (Lipinski definition) is 7. The Morgan fingerprint density at radius 3 is 1.94 bits per heavy atom. The van der Waals surface area contributed by atoms with E-state index in [1.807, 2.05) is 0 Å². The van der Waals surface area contributed by atoms with Crippen molar-refractivity contribution in [3.8, 4) is 28.7 Å². The first-order valence-electron chi connectivity index (χ1n) is 9.08. The molecule has 0 unspecified atom stereocenters. The molecule has 0 atom stereocenters. The van der Waals surface area contributed by atoms with Gasteiger partial charge in [-0.2, -0.15) is 0 Å². The molecule has 1 N–H and O–H groups in total. The molecule has 9 heteroatoms. The Morgan fingerprint density at radius 2 is 1.48 bits per heavy atom. The van der Waals surface area contributed by atoms with Crippen LogP contribution in [-0.2, 0) is 4.79 Å². The van der Waals surface area contributed by atoms with Crippen molar-refractivity contribution >= 4 is 35.0 Å². The molecule has 31 heavy (non-hydrogen) atoms. The van der Waals surface area contributed by atoms with Crippen molar-refractivity contribution in [2.24, 2.45) is 0 Å². The van der Waals surface area contributed by atoms with Gasteiger partial charge < -0.3 is 33.7 Å². The molecule has 0 spiro atoms. The van der Waals surface area contributed by atoms with Gasteiger partial charge in [-0.05, 0) is 53.7 Å². The number of thiocarbonyl (C=S) groups is 1. The minimum atomic E-state index is -1.13. The Labute approximate surface area is 186 Å². The molecule has 0 saturated heterocycles. The molecule has 0 aliphatic heterocycles. The number of carboxylic acid groups (broad SMARTS) is 1. The second-order valence-electron chi connectivity index (χ2n) is 6.45. The molecule has 2 aromatic rings. The van der Waals surface area contributed by atoms with Crippen LogP contribution in [0.1, 0.15) is 11.1 Å². The number of benzene rings is 2. The van der Waals surface area contributed by atoms with Gasteiger partial charge in [-0.25, -0.2) is 4.79 Å².